The summed E-state index contributed by atoms with van der Waals surface area (Å²) in [6.07, 6.45) is 0. The Morgan fingerprint density at radius 3 is 2.00 bits per heavy atom. The van der Waals surface area contributed by atoms with Crippen LogP contribution in [-0.2, 0) is 21.4 Å². The van der Waals surface area contributed by atoms with Crippen LogP contribution in [0.5, 0.6) is 0 Å². The van der Waals surface area contributed by atoms with Gasteiger partial charge in [0.2, 0.25) is 5.91 Å². The van der Waals surface area contributed by atoms with E-state index in [1.54, 1.807) is 49.5 Å². The minimum atomic E-state index is -3.93. The Morgan fingerprint density at radius 1 is 0.862 bits per heavy atom. The molecule has 0 saturated carbocycles. The van der Waals surface area contributed by atoms with Crippen LogP contribution in [0.2, 0.25) is 5.02 Å². The summed E-state index contributed by atoms with van der Waals surface area (Å²) >= 11 is 5.95. The lowest BCUT2D eigenvalue weighted by molar-refractivity contribution is -0.128. The van der Waals surface area contributed by atoms with Gasteiger partial charge in [-0.1, -0.05) is 60.1 Å². The van der Waals surface area contributed by atoms with Gasteiger partial charge in [-0.2, -0.15) is 0 Å². The molecule has 0 unspecified atom stereocenters. The molecular formula is C22H21ClN2O3S. The van der Waals surface area contributed by atoms with Crippen molar-refractivity contribution >= 4 is 33.2 Å². The lowest BCUT2D eigenvalue weighted by atomic mass is 10.2. The van der Waals surface area contributed by atoms with Crippen LogP contribution in [0.4, 0.5) is 5.69 Å². The van der Waals surface area contributed by atoms with Crippen molar-refractivity contribution in [1.29, 1.82) is 0 Å². The molecule has 0 aromatic heterocycles. The van der Waals surface area contributed by atoms with Crippen LogP contribution in [0, 0.1) is 0 Å². The van der Waals surface area contributed by atoms with Crippen molar-refractivity contribution in [2.75, 3.05) is 17.9 Å². The summed E-state index contributed by atoms with van der Waals surface area (Å²) in [5, 5.41) is 0.485. The molecule has 29 heavy (non-hydrogen) atoms. The zero-order valence-corrected chi connectivity index (χ0v) is 17.5. The molecule has 0 fully saturated rings. The second-order valence-electron chi connectivity index (χ2n) is 6.54. The van der Waals surface area contributed by atoms with Crippen molar-refractivity contribution in [2.24, 2.45) is 0 Å². The van der Waals surface area contributed by atoms with Crippen LogP contribution in [0.1, 0.15) is 5.56 Å². The number of likely N-dealkylation sites (N-methyl/N-ethyl adjacent to an activating group) is 1. The third-order valence-corrected chi connectivity index (χ3v) is 6.45. The van der Waals surface area contributed by atoms with Gasteiger partial charge in [-0.3, -0.25) is 9.10 Å². The Bertz CT molecular complexity index is 1060. The van der Waals surface area contributed by atoms with Crippen LogP contribution >= 0.6 is 11.6 Å². The number of halogens is 1. The Balaban J connectivity index is 1.89. The second kappa shape index (κ2) is 9.11. The summed E-state index contributed by atoms with van der Waals surface area (Å²) in [5.74, 6) is -0.316. The number of nitrogens with zero attached hydrogens (tertiary/aromatic N) is 2. The summed E-state index contributed by atoms with van der Waals surface area (Å²) in [7, 11) is -2.27. The molecule has 150 valence electrons. The van der Waals surface area contributed by atoms with Gasteiger partial charge in [-0.25, -0.2) is 8.42 Å². The molecule has 0 heterocycles. The summed E-state index contributed by atoms with van der Waals surface area (Å²) < 4.78 is 27.6. The lowest BCUT2D eigenvalue weighted by Gasteiger charge is -2.26. The van der Waals surface area contributed by atoms with E-state index in [4.69, 9.17) is 11.6 Å². The molecule has 7 heteroatoms. The minimum Gasteiger partial charge on any atom is -0.340 e. The monoisotopic (exact) mass is 428 g/mol. The number of hydrogen-bond donors (Lipinski definition) is 0. The van der Waals surface area contributed by atoms with E-state index in [1.807, 2.05) is 30.3 Å². The third-order valence-electron chi connectivity index (χ3n) is 4.41. The lowest BCUT2D eigenvalue weighted by Crippen LogP contribution is -2.41. The predicted octanol–water partition coefficient (Wildman–Crippen LogP) is 4.19. The second-order valence-corrected chi connectivity index (χ2v) is 8.84. The largest absolute Gasteiger partial charge is 0.340 e. The summed E-state index contributed by atoms with van der Waals surface area (Å²) in [6.45, 7) is 0.0711. The van der Waals surface area contributed by atoms with E-state index in [0.717, 1.165) is 9.87 Å². The molecule has 0 aliphatic rings. The highest BCUT2D eigenvalue weighted by molar-refractivity contribution is 7.92. The highest BCUT2D eigenvalue weighted by Crippen LogP contribution is 2.25. The van der Waals surface area contributed by atoms with Crippen LogP contribution in [0.25, 0.3) is 0 Å². The maximum Gasteiger partial charge on any atom is 0.264 e. The van der Waals surface area contributed by atoms with Gasteiger partial charge in [0.1, 0.15) is 6.54 Å². The molecule has 0 atom stereocenters. The fraction of sp³-hybridized carbons (Fsp3) is 0.136. The van der Waals surface area contributed by atoms with Gasteiger partial charge < -0.3 is 4.90 Å². The first-order valence-corrected chi connectivity index (χ1v) is 10.8. The van der Waals surface area contributed by atoms with Crippen molar-refractivity contribution < 1.29 is 13.2 Å². The molecule has 0 N–H and O–H groups in total. The Hall–Kier alpha value is -2.83. The number of amides is 1. The molecule has 0 bridgehead atoms. The normalized spacial score (nSPS) is 11.1. The molecule has 3 rings (SSSR count). The molecule has 0 aliphatic heterocycles. The van der Waals surface area contributed by atoms with Crippen molar-refractivity contribution in [3.8, 4) is 0 Å². The molecule has 3 aromatic rings. The molecule has 0 saturated heterocycles. The van der Waals surface area contributed by atoms with Crippen molar-refractivity contribution in [3.63, 3.8) is 0 Å². The first-order chi connectivity index (χ1) is 13.9. The van der Waals surface area contributed by atoms with E-state index in [9.17, 15) is 13.2 Å². The highest BCUT2D eigenvalue weighted by Gasteiger charge is 2.28. The van der Waals surface area contributed by atoms with E-state index in [-0.39, 0.29) is 17.3 Å². The number of hydrogen-bond acceptors (Lipinski definition) is 3. The third kappa shape index (κ3) is 5.16. The average Bonchev–Trinajstić information content (AvgIpc) is 2.74. The van der Waals surface area contributed by atoms with Crippen LogP contribution in [0.15, 0.2) is 89.8 Å². The predicted molar refractivity (Wildman–Crippen MR) is 115 cm³/mol. The van der Waals surface area contributed by atoms with Crippen molar-refractivity contribution in [1.82, 2.24) is 4.90 Å². The molecule has 0 spiro atoms. The standard InChI is InChI=1S/C22H21ClN2O3S/c1-24(16-18-8-4-2-5-9-18)22(26)17-25(20-14-12-19(23)13-15-20)29(27,28)21-10-6-3-7-11-21/h2-15H,16-17H2,1H3. The first kappa shape index (κ1) is 20.9. The van der Waals surface area contributed by atoms with E-state index < -0.39 is 10.0 Å². The van der Waals surface area contributed by atoms with Crippen LogP contribution in [-0.4, -0.2) is 32.8 Å². The molecule has 5 nitrogen and oxygen atoms in total. The molecule has 0 aliphatic carbocycles. The van der Waals surface area contributed by atoms with E-state index in [1.165, 1.54) is 17.0 Å². The zero-order valence-electron chi connectivity index (χ0n) is 15.9. The van der Waals surface area contributed by atoms with Crippen molar-refractivity contribution in [2.45, 2.75) is 11.4 Å². The number of carbonyl (C=O) groups excluding carboxylic acids is 1. The van der Waals surface area contributed by atoms with Gasteiger partial charge >= 0.3 is 0 Å². The molecule has 0 radical (unpaired) electrons. The van der Waals surface area contributed by atoms with Crippen molar-refractivity contribution in [3.05, 3.63) is 95.5 Å². The minimum absolute atomic E-state index is 0.119. The molecular weight excluding hydrogens is 408 g/mol. The van der Waals surface area contributed by atoms with Gasteiger partial charge in [0.05, 0.1) is 10.6 Å². The number of carbonyl (C=O) groups is 1. The molecule has 3 aromatic carbocycles. The average molecular weight is 429 g/mol. The van der Waals surface area contributed by atoms with Gasteiger partial charge in [0.15, 0.2) is 0 Å². The highest BCUT2D eigenvalue weighted by atomic mass is 35.5. The molecule has 1 amide bonds. The maximum absolute atomic E-state index is 13.3. The number of benzene rings is 3. The fourth-order valence-corrected chi connectivity index (χ4v) is 4.39. The van der Waals surface area contributed by atoms with Gasteiger partial charge in [0.25, 0.3) is 10.0 Å². The topological polar surface area (TPSA) is 57.7 Å². The number of anilines is 1. The Kier molecular flexibility index (Phi) is 6.56. The van der Waals surface area contributed by atoms with E-state index >= 15 is 0 Å². The van der Waals surface area contributed by atoms with E-state index in [0.29, 0.717) is 17.3 Å². The Morgan fingerprint density at radius 2 is 1.41 bits per heavy atom. The first-order valence-electron chi connectivity index (χ1n) is 8.99. The fourth-order valence-electron chi connectivity index (χ4n) is 2.83. The summed E-state index contributed by atoms with van der Waals surface area (Å²) in [5.41, 5.74) is 1.34. The van der Waals surface area contributed by atoms with Gasteiger partial charge in [0, 0.05) is 18.6 Å². The smallest absolute Gasteiger partial charge is 0.264 e. The SMILES string of the molecule is CN(Cc1ccccc1)C(=O)CN(c1ccc(Cl)cc1)S(=O)(=O)c1ccccc1. The van der Waals surface area contributed by atoms with Crippen LogP contribution < -0.4 is 4.31 Å². The zero-order chi connectivity index (χ0) is 20.9. The Labute approximate surface area is 176 Å². The summed E-state index contributed by atoms with van der Waals surface area (Å²) in [4.78, 5) is 14.5. The summed E-state index contributed by atoms with van der Waals surface area (Å²) in [6, 6.07) is 24.0. The van der Waals surface area contributed by atoms with Crippen LogP contribution in [0.3, 0.4) is 0 Å². The maximum atomic E-state index is 13.3. The van der Waals surface area contributed by atoms with E-state index in [2.05, 4.69) is 0 Å². The van der Waals surface area contributed by atoms with Gasteiger partial charge in [-0.05, 0) is 42.0 Å². The number of sulfonamides is 1. The number of rotatable bonds is 7. The van der Waals surface area contributed by atoms with Gasteiger partial charge in [-0.15, -0.1) is 0 Å². The quantitative estimate of drug-likeness (QED) is 0.566.